The molecule has 0 bridgehead atoms. The van der Waals surface area contributed by atoms with Crippen molar-refractivity contribution < 1.29 is 22.2 Å². The first kappa shape index (κ1) is 25.2. The molecule has 4 rings (SSSR count). The molecule has 0 fully saturated rings. The van der Waals surface area contributed by atoms with Crippen molar-refractivity contribution in [1.82, 2.24) is 10.1 Å². The van der Waals surface area contributed by atoms with Crippen LogP contribution in [0, 0.1) is 19.3 Å². The molecule has 1 aromatic carbocycles. The normalized spacial score (nSPS) is 13.5. The molecular formula is C26H28N4O5S. The van der Waals surface area contributed by atoms with E-state index < -0.39 is 15.7 Å². The third-order valence-corrected chi connectivity index (χ3v) is 7.24. The number of benzene rings is 1. The fraction of sp³-hybridized carbons (Fsp3) is 0.308. The van der Waals surface area contributed by atoms with Gasteiger partial charge in [-0.2, -0.15) is 8.42 Å². The molecule has 10 heteroatoms. The lowest BCUT2D eigenvalue weighted by molar-refractivity contribution is -0.126. The Hall–Kier alpha value is -3.92. The third-order valence-electron chi connectivity index (χ3n) is 6.45. The number of hydrogen-bond donors (Lipinski definition) is 1. The monoisotopic (exact) mass is 508 g/mol. The quantitative estimate of drug-likeness (QED) is 0.344. The number of carbonyl (C=O) groups excluding carboxylic acids is 1. The van der Waals surface area contributed by atoms with Crippen molar-refractivity contribution in [2.75, 3.05) is 10.4 Å². The Labute approximate surface area is 211 Å². The molecule has 188 valence electrons. The molecule has 1 aliphatic rings. The van der Waals surface area contributed by atoms with Crippen LogP contribution in [0.5, 0.6) is 0 Å². The summed E-state index contributed by atoms with van der Waals surface area (Å²) in [5.74, 6) is 0.445. The Morgan fingerprint density at radius 1 is 1.25 bits per heavy atom. The lowest BCUT2D eigenvalue weighted by Gasteiger charge is -2.33. The van der Waals surface area contributed by atoms with Crippen molar-refractivity contribution in [2.24, 2.45) is 5.41 Å². The Kier molecular flexibility index (Phi) is 6.98. The summed E-state index contributed by atoms with van der Waals surface area (Å²) in [7, 11) is -2.44. The fourth-order valence-corrected chi connectivity index (χ4v) is 4.27. The van der Waals surface area contributed by atoms with Crippen LogP contribution in [0.2, 0.25) is 0 Å². The van der Waals surface area contributed by atoms with Crippen LogP contribution in [0.25, 0.3) is 17.0 Å². The van der Waals surface area contributed by atoms with Crippen LogP contribution in [0.15, 0.2) is 57.8 Å². The summed E-state index contributed by atoms with van der Waals surface area (Å²) < 4.78 is 35.2. The van der Waals surface area contributed by atoms with Gasteiger partial charge in [0, 0.05) is 34.1 Å². The molecule has 1 amide bonds. The average molecular weight is 509 g/mol. The highest BCUT2D eigenvalue weighted by atomic mass is 32.2. The number of anilines is 2. The number of hydrazine groups is 1. The molecule has 0 saturated heterocycles. The number of aromatic nitrogens is 2. The van der Waals surface area contributed by atoms with Crippen molar-refractivity contribution in [2.45, 2.75) is 47.5 Å². The van der Waals surface area contributed by atoms with Gasteiger partial charge in [-0.15, -0.1) is 0 Å². The maximum absolute atomic E-state index is 14.0. The largest absolute Gasteiger partial charge is 0.445 e. The Morgan fingerprint density at radius 3 is 2.64 bits per heavy atom. The van der Waals surface area contributed by atoms with Gasteiger partial charge in [-0.05, 0) is 32.4 Å². The van der Waals surface area contributed by atoms with Crippen molar-refractivity contribution in [1.29, 1.82) is 0 Å². The van der Waals surface area contributed by atoms with Crippen molar-refractivity contribution in [3.05, 3.63) is 65.7 Å². The molecule has 0 spiro atoms. The van der Waals surface area contributed by atoms with Crippen LogP contribution in [-0.2, 0) is 15.1 Å². The van der Waals surface area contributed by atoms with Gasteiger partial charge in [0.1, 0.15) is 6.26 Å². The summed E-state index contributed by atoms with van der Waals surface area (Å²) in [6, 6.07) is 5.31. The van der Waals surface area contributed by atoms with E-state index in [0.29, 0.717) is 46.3 Å². The molecule has 1 aliphatic carbocycles. The standard InChI is InChI=1S/C26H28N4O5S/c1-6-26(4,5)25(31)30(28-23-16(2)17(3)29-35-23)21-15-18(24-27-13-14-34-24)11-12-19(21)20-9-7-8-10-22(20)36(32)33/h7-9,11-15,28H,6,10H2,1-5H3. The summed E-state index contributed by atoms with van der Waals surface area (Å²) in [5, 5.41) is 5.41. The van der Waals surface area contributed by atoms with Crippen LogP contribution < -0.4 is 10.4 Å². The number of nitrogens with one attached hydrogen (secondary N) is 1. The maximum Gasteiger partial charge on any atom is 0.251 e. The van der Waals surface area contributed by atoms with E-state index in [1.54, 1.807) is 36.4 Å². The number of rotatable bonds is 7. The second-order valence-electron chi connectivity index (χ2n) is 9.15. The first-order valence-electron chi connectivity index (χ1n) is 11.5. The highest BCUT2D eigenvalue weighted by molar-refractivity contribution is 7.74. The lowest BCUT2D eigenvalue weighted by atomic mass is 9.88. The lowest BCUT2D eigenvalue weighted by Crippen LogP contribution is -2.45. The molecule has 2 aromatic heterocycles. The van der Waals surface area contributed by atoms with E-state index in [0.717, 1.165) is 5.56 Å². The first-order valence-corrected chi connectivity index (χ1v) is 12.6. The van der Waals surface area contributed by atoms with Gasteiger partial charge in [-0.25, -0.2) is 9.99 Å². The van der Waals surface area contributed by atoms with Crippen LogP contribution >= 0.6 is 0 Å². The number of amides is 1. The van der Waals surface area contributed by atoms with Gasteiger partial charge in [-0.1, -0.05) is 50.2 Å². The zero-order valence-electron chi connectivity index (χ0n) is 20.8. The fourth-order valence-electron chi connectivity index (χ4n) is 3.68. The second-order valence-corrected chi connectivity index (χ2v) is 10.1. The Balaban J connectivity index is 1.98. The van der Waals surface area contributed by atoms with Crippen LogP contribution in [0.1, 0.15) is 50.4 Å². The third kappa shape index (κ3) is 4.76. The number of aryl methyl sites for hydroxylation is 1. The van der Waals surface area contributed by atoms with Gasteiger partial charge in [0.05, 0.1) is 22.4 Å². The first-order chi connectivity index (χ1) is 17.1. The molecule has 0 atom stereocenters. The molecule has 3 aromatic rings. The van der Waals surface area contributed by atoms with Crippen molar-refractivity contribution in [3.63, 3.8) is 0 Å². The second kappa shape index (κ2) is 9.98. The summed E-state index contributed by atoms with van der Waals surface area (Å²) in [5.41, 5.74) is 5.90. The van der Waals surface area contributed by atoms with Crippen molar-refractivity contribution in [3.8, 4) is 11.5 Å². The molecule has 0 saturated carbocycles. The average Bonchev–Trinajstić information content (AvgIpc) is 3.52. The number of allylic oxidation sites excluding steroid dienone is 4. The number of hydrogen-bond acceptors (Lipinski definition) is 8. The topological polar surface area (TPSA) is 119 Å². The van der Waals surface area contributed by atoms with Gasteiger partial charge < -0.3 is 8.94 Å². The molecule has 9 nitrogen and oxygen atoms in total. The minimum Gasteiger partial charge on any atom is -0.445 e. The molecule has 0 aliphatic heterocycles. The minimum absolute atomic E-state index is 0.233. The zero-order chi connectivity index (χ0) is 26.0. The van der Waals surface area contributed by atoms with Crippen LogP contribution in [-0.4, -0.2) is 29.3 Å². The molecule has 0 unspecified atom stereocenters. The SMILES string of the molecule is CCC(C)(C)C(=O)N(Nc1onc(C)c1C)c1cc(-c2ncco2)ccc1C1=CC=CCC1=S(=O)=O. The minimum atomic E-state index is -2.44. The smallest absolute Gasteiger partial charge is 0.251 e. The van der Waals surface area contributed by atoms with Gasteiger partial charge in [-0.3, -0.25) is 10.2 Å². The van der Waals surface area contributed by atoms with E-state index in [-0.39, 0.29) is 17.2 Å². The van der Waals surface area contributed by atoms with E-state index >= 15 is 0 Å². The van der Waals surface area contributed by atoms with E-state index in [9.17, 15) is 13.2 Å². The van der Waals surface area contributed by atoms with E-state index in [1.807, 2.05) is 34.6 Å². The molecular weight excluding hydrogens is 480 g/mol. The summed E-state index contributed by atoms with van der Waals surface area (Å²) in [4.78, 5) is 18.4. The summed E-state index contributed by atoms with van der Waals surface area (Å²) in [6.07, 6.45) is 9.13. The molecule has 1 N–H and O–H groups in total. The molecule has 0 radical (unpaired) electrons. The van der Waals surface area contributed by atoms with E-state index in [2.05, 4.69) is 15.6 Å². The van der Waals surface area contributed by atoms with Crippen LogP contribution in [0.4, 0.5) is 11.6 Å². The maximum atomic E-state index is 14.0. The van der Waals surface area contributed by atoms with Crippen molar-refractivity contribution >= 4 is 38.2 Å². The summed E-state index contributed by atoms with van der Waals surface area (Å²) >= 11 is 0. The predicted molar refractivity (Wildman–Crippen MR) is 139 cm³/mol. The zero-order valence-corrected chi connectivity index (χ0v) is 21.6. The summed E-state index contributed by atoms with van der Waals surface area (Å²) in [6.45, 7) is 9.29. The van der Waals surface area contributed by atoms with Gasteiger partial charge in [0.2, 0.25) is 22.1 Å². The van der Waals surface area contributed by atoms with Gasteiger partial charge in [0.15, 0.2) is 0 Å². The number of oxazole rings is 1. The molecule has 2 heterocycles. The molecule has 36 heavy (non-hydrogen) atoms. The number of nitrogens with zero attached hydrogens (tertiary/aromatic N) is 3. The van der Waals surface area contributed by atoms with Crippen LogP contribution in [0.3, 0.4) is 0 Å². The van der Waals surface area contributed by atoms with Gasteiger partial charge >= 0.3 is 0 Å². The predicted octanol–water partition coefficient (Wildman–Crippen LogP) is 5.14. The number of carbonyl (C=O) groups is 1. The van der Waals surface area contributed by atoms with Gasteiger partial charge in [0.25, 0.3) is 5.91 Å². The Bertz CT molecular complexity index is 1490. The van der Waals surface area contributed by atoms with E-state index in [1.165, 1.54) is 17.5 Å². The Morgan fingerprint density at radius 2 is 2.03 bits per heavy atom. The van der Waals surface area contributed by atoms with E-state index in [4.69, 9.17) is 8.94 Å². The highest BCUT2D eigenvalue weighted by Crippen LogP contribution is 2.37. The highest BCUT2D eigenvalue weighted by Gasteiger charge is 2.35.